The number of rotatable bonds is 5. The molecule has 3 rings (SSSR count). The minimum atomic E-state index is -3.21. The van der Waals surface area contributed by atoms with Gasteiger partial charge in [0, 0.05) is 29.7 Å². The molecule has 1 heterocycles. The topological polar surface area (TPSA) is 66.5 Å². The predicted molar refractivity (Wildman–Crippen MR) is 106 cm³/mol. The highest BCUT2D eigenvalue weighted by Gasteiger charge is 2.24. The number of carbonyl (C=O) groups is 1. The van der Waals surface area contributed by atoms with E-state index in [2.05, 4.69) is 21.2 Å². The van der Waals surface area contributed by atoms with Crippen LogP contribution < -0.4 is 5.32 Å². The monoisotopic (exact) mass is 436 g/mol. The number of hydrogen-bond acceptors (Lipinski definition) is 3. The van der Waals surface area contributed by atoms with Crippen LogP contribution in [0.25, 0.3) is 0 Å². The van der Waals surface area contributed by atoms with Crippen molar-refractivity contribution in [2.24, 2.45) is 0 Å². The Kier molecular flexibility index (Phi) is 5.79. The molecule has 0 spiro atoms. The number of benzene rings is 2. The van der Waals surface area contributed by atoms with E-state index in [1.165, 1.54) is 10.6 Å². The van der Waals surface area contributed by atoms with Gasteiger partial charge in [0.2, 0.25) is 15.9 Å². The van der Waals surface area contributed by atoms with Crippen LogP contribution >= 0.6 is 15.9 Å². The first kappa shape index (κ1) is 19.1. The smallest absolute Gasteiger partial charge is 0.224 e. The zero-order valence-electron chi connectivity index (χ0n) is 14.5. The zero-order valence-corrected chi connectivity index (χ0v) is 16.9. The number of halogens is 1. The summed E-state index contributed by atoms with van der Waals surface area (Å²) in [5.41, 5.74) is 3.86. The van der Waals surface area contributed by atoms with Crippen molar-refractivity contribution in [1.82, 2.24) is 4.31 Å². The molecule has 2 aromatic rings. The van der Waals surface area contributed by atoms with Crippen molar-refractivity contribution in [3.8, 4) is 0 Å². The average molecular weight is 437 g/mol. The summed E-state index contributed by atoms with van der Waals surface area (Å²) in [7, 11) is -3.21. The van der Waals surface area contributed by atoms with Crippen LogP contribution in [-0.2, 0) is 34.2 Å². The number of anilines is 1. The van der Waals surface area contributed by atoms with Crippen LogP contribution in [0.15, 0.2) is 46.9 Å². The maximum Gasteiger partial charge on any atom is 0.224 e. The van der Waals surface area contributed by atoms with Crippen LogP contribution in [0.1, 0.15) is 23.1 Å². The molecule has 0 fully saturated rings. The Morgan fingerprint density at radius 2 is 1.96 bits per heavy atom. The molecule has 26 heavy (non-hydrogen) atoms. The summed E-state index contributed by atoms with van der Waals surface area (Å²) < 4.78 is 26.0. The highest BCUT2D eigenvalue weighted by molar-refractivity contribution is 9.10. The summed E-state index contributed by atoms with van der Waals surface area (Å²) >= 11 is 3.50. The van der Waals surface area contributed by atoms with Gasteiger partial charge in [-0.2, -0.15) is 4.31 Å². The van der Waals surface area contributed by atoms with Crippen molar-refractivity contribution >= 4 is 37.5 Å². The summed E-state index contributed by atoms with van der Waals surface area (Å²) in [5.74, 6) is -0.0419. The summed E-state index contributed by atoms with van der Waals surface area (Å²) in [6.07, 6.45) is 2.88. The lowest BCUT2D eigenvalue weighted by Gasteiger charge is -2.28. The van der Waals surface area contributed by atoms with Gasteiger partial charge in [0.05, 0.1) is 6.26 Å². The van der Waals surface area contributed by atoms with E-state index in [4.69, 9.17) is 0 Å². The van der Waals surface area contributed by atoms with Crippen molar-refractivity contribution in [2.45, 2.75) is 25.8 Å². The molecule has 1 amide bonds. The predicted octanol–water partition coefficient (Wildman–Crippen LogP) is 3.34. The van der Waals surface area contributed by atoms with Gasteiger partial charge in [-0.25, -0.2) is 8.42 Å². The molecule has 7 heteroatoms. The summed E-state index contributed by atoms with van der Waals surface area (Å²) in [5, 5.41) is 2.99. The maximum atomic E-state index is 12.4. The van der Waals surface area contributed by atoms with E-state index in [1.54, 1.807) is 0 Å². The van der Waals surface area contributed by atoms with Gasteiger partial charge in [-0.05, 0) is 41.7 Å². The van der Waals surface area contributed by atoms with Crippen LogP contribution in [0, 0.1) is 0 Å². The number of aryl methyl sites for hydroxylation is 1. The molecule has 0 saturated heterocycles. The first-order chi connectivity index (χ1) is 12.3. The van der Waals surface area contributed by atoms with Gasteiger partial charge in [-0.1, -0.05) is 46.3 Å². The van der Waals surface area contributed by atoms with Crippen LogP contribution in [0.2, 0.25) is 0 Å². The maximum absolute atomic E-state index is 12.4. The van der Waals surface area contributed by atoms with E-state index in [0.29, 0.717) is 32.4 Å². The van der Waals surface area contributed by atoms with Crippen molar-refractivity contribution in [1.29, 1.82) is 0 Å². The highest BCUT2D eigenvalue weighted by atomic mass is 79.9. The van der Waals surface area contributed by atoms with Crippen molar-refractivity contribution in [2.75, 3.05) is 18.1 Å². The van der Waals surface area contributed by atoms with E-state index in [1.807, 2.05) is 42.5 Å². The molecule has 0 atom stereocenters. The molecule has 0 bridgehead atoms. The van der Waals surface area contributed by atoms with Gasteiger partial charge in [0.15, 0.2) is 0 Å². The number of sulfonamides is 1. The first-order valence-corrected chi connectivity index (χ1v) is 11.1. The summed E-state index contributed by atoms with van der Waals surface area (Å²) in [6, 6.07) is 13.5. The minimum Gasteiger partial charge on any atom is -0.326 e. The van der Waals surface area contributed by atoms with Crippen molar-refractivity contribution in [3.05, 3.63) is 63.6 Å². The lowest BCUT2D eigenvalue weighted by Crippen LogP contribution is -2.35. The molecule has 0 unspecified atom stereocenters. The fraction of sp³-hybridized carbons (Fsp3) is 0.316. The number of fused-ring (bicyclic) bond motifs is 1. The second kappa shape index (κ2) is 7.90. The molecule has 1 aliphatic heterocycles. The number of nitrogens with one attached hydrogen (secondary N) is 1. The molecule has 138 valence electrons. The molecule has 1 aliphatic rings. The molecule has 0 radical (unpaired) electrons. The second-order valence-electron chi connectivity index (χ2n) is 6.43. The van der Waals surface area contributed by atoms with E-state index in [9.17, 15) is 13.2 Å². The fourth-order valence-electron chi connectivity index (χ4n) is 3.15. The zero-order chi connectivity index (χ0) is 18.7. The van der Waals surface area contributed by atoms with E-state index >= 15 is 0 Å². The minimum absolute atomic E-state index is 0.0419. The molecule has 5 nitrogen and oxygen atoms in total. The number of carbonyl (C=O) groups excluding carboxylic acids is 1. The van der Waals surface area contributed by atoms with Crippen LogP contribution in [-0.4, -0.2) is 31.4 Å². The third kappa shape index (κ3) is 4.52. The summed E-state index contributed by atoms with van der Waals surface area (Å²) in [6.45, 7) is 0.796. The van der Waals surface area contributed by atoms with Gasteiger partial charge in [-0.15, -0.1) is 0 Å². The standard InChI is InChI=1S/C19H21BrN2O3S/c1-26(24,25)22-12-11-16-15(13-22)6-4-8-18(16)21-19(23)10-9-14-5-2-3-7-17(14)20/h2-8H,9-13H2,1H3,(H,21,23). The van der Waals surface area contributed by atoms with Crippen LogP contribution in [0.3, 0.4) is 0 Å². The van der Waals surface area contributed by atoms with Gasteiger partial charge in [0.25, 0.3) is 0 Å². The van der Waals surface area contributed by atoms with Crippen molar-refractivity contribution < 1.29 is 13.2 Å². The van der Waals surface area contributed by atoms with Crippen molar-refractivity contribution in [3.63, 3.8) is 0 Å². The van der Waals surface area contributed by atoms with E-state index in [0.717, 1.165) is 26.9 Å². The quantitative estimate of drug-likeness (QED) is 0.781. The molecule has 0 aromatic heterocycles. The Morgan fingerprint density at radius 3 is 2.69 bits per heavy atom. The SMILES string of the molecule is CS(=O)(=O)N1CCc2c(cccc2NC(=O)CCc2ccccc2Br)C1. The van der Waals surface area contributed by atoms with Crippen LogP contribution in [0.4, 0.5) is 5.69 Å². The fourth-order valence-corrected chi connectivity index (χ4v) is 4.43. The molecule has 2 aromatic carbocycles. The number of amides is 1. The molecular formula is C19H21BrN2O3S. The number of hydrogen-bond donors (Lipinski definition) is 1. The lowest BCUT2D eigenvalue weighted by molar-refractivity contribution is -0.116. The van der Waals surface area contributed by atoms with Gasteiger partial charge >= 0.3 is 0 Å². The van der Waals surface area contributed by atoms with E-state index in [-0.39, 0.29) is 5.91 Å². The number of nitrogens with zero attached hydrogens (tertiary/aromatic N) is 1. The summed E-state index contributed by atoms with van der Waals surface area (Å²) in [4.78, 5) is 12.4. The Hall–Kier alpha value is -1.70. The first-order valence-electron chi connectivity index (χ1n) is 8.44. The molecule has 1 N–H and O–H groups in total. The Labute approximate surface area is 162 Å². The molecule has 0 saturated carbocycles. The lowest BCUT2D eigenvalue weighted by atomic mass is 9.99. The van der Waals surface area contributed by atoms with E-state index < -0.39 is 10.0 Å². The highest BCUT2D eigenvalue weighted by Crippen LogP contribution is 2.27. The van der Waals surface area contributed by atoms with Gasteiger partial charge in [-0.3, -0.25) is 4.79 Å². The van der Waals surface area contributed by atoms with Gasteiger partial charge in [0.1, 0.15) is 0 Å². The third-order valence-corrected chi connectivity index (χ3v) is 6.58. The Bertz CT molecular complexity index is 928. The third-order valence-electron chi connectivity index (χ3n) is 4.55. The molecule has 0 aliphatic carbocycles. The largest absolute Gasteiger partial charge is 0.326 e. The molecular weight excluding hydrogens is 416 g/mol. The second-order valence-corrected chi connectivity index (χ2v) is 9.27. The van der Waals surface area contributed by atoms with Crippen LogP contribution in [0.5, 0.6) is 0 Å². The normalized spacial score (nSPS) is 14.7. The Morgan fingerprint density at radius 1 is 1.19 bits per heavy atom. The average Bonchev–Trinajstić information content (AvgIpc) is 2.60. The van der Waals surface area contributed by atoms with Gasteiger partial charge < -0.3 is 5.32 Å². The Balaban J connectivity index is 1.68.